The lowest BCUT2D eigenvalue weighted by Gasteiger charge is -2.35. The molecule has 2 nitrogen and oxygen atoms in total. The van der Waals surface area contributed by atoms with E-state index in [0.717, 1.165) is 19.6 Å². The van der Waals surface area contributed by atoms with Gasteiger partial charge in [-0.3, -0.25) is 4.90 Å². The molecule has 1 unspecified atom stereocenters. The van der Waals surface area contributed by atoms with Gasteiger partial charge in [-0.15, -0.1) is 0 Å². The van der Waals surface area contributed by atoms with Gasteiger partial charge in [0.05, 0.1) is 0 Å². The number of nitrogens with two attached hydrogens (primary N) is 1. The SMILES string of the molecule is CCC(C)(CN)CN1CC=C(C)CC1. The number of hydrogen-bond donors (Lipinski definition) is 1. The Morgan fingerprint density at radius 1 is 1.57 bits per heavy atom. The first-order valence-corrected chi connectivity index (χ1v) is 5.68. The van der Waals surface area contributed by atoms with Gasteiger partial charge < -0.3 is 5.73 Å². The lowest BCUT2D eigenvalue weighted by Crippen LogP contribution is -2.42. The average molecular weight is 196 g/mol. The van der Waals surface area contributed by atoms with E-state index in [1.807, 2.05) is 0 Å². The summed E-state index contributed by atoms with van der Waals surface area (Å²) in [4.78, 5) is 2.52. The van der Waals surface area contributed by atoms with E-state index < -0.39 is 0 Å². The van der Waals surface area contributed by atoms with Crippen molar-refractivity contribution in [2.24, 2.45) is 11.1 Å². The van der Waals surface area contributed by atoms with E-state index in [-0.39, 0.29) is 0 Å². The molecule has 0 saturated carbocycles. The lowest BCUT2D eigenvalue weighted by atomic mass is 9.86. The predicted molar refractivity (Wildman–Crippen MR) is 62.3 cm³/mol. The smallest absolute Gasteiger partial charge is 0.0166 e. The highest BCUT2D eigenvalue weighted by molar-refractivity contribution is 5.04. The molecule has 0 spiro atoms. The van der Waals surface area contributed by atoms with E-state index in [1.165, 1.54) is 25.0 Å². The van der Waals surface area contributed by atoms with Crippen molar-refractivity contribution in [1.29, 1.82) is 0 Å². The minimum absolute atomic E-state index is 0.305. The van der Waals surface area contributed by atoms with Crippen LogP contribution in [0.3, 0.4) is 0 Å². The summed E-state index contributed by atoms with van der Waals surface area (Å²) in [5, 5.41) is 0. The van der Waals surface area contributed by atoms with E-state index in [1.54, 1.807) is 0 Å². The van der Waals surface area contributed by atoms with Gasteiger partial charge in [-0.2, -0.15) is 0 Å². The van der Waals surface area contributed by atoms with Gasteiger partial charge in [-0.1, -0.05) is 25.5 Å². The maximum atomic E-state index is 5.82. The van der Waals surface area contributed by atoms with Crippen LogP contribution < -0.4 is 5.73 Å². The zero-order chi connectivity index (χ0) is 10.6. The molecule has 1 atom stereocenters. The van der Waals surface area contributed by atoms with Crippen molar-refractivity contribution < 1.29 is 0 Å². The highest BCUT2D eigenvalue weighted by Gasteiger charge is 2.24. The van der Waals surface area contributed by atoms with Crippen LogP contribution in [0.1, 0.15) is 33.6 Å². The molecule has 1 rings (SSSR count). The van der Waals surface area contributed by atoms with Crippen molar-refractivity contribution in [2.75, 3.05) is 26.2 Å². The summed E-state index contributed by atoms with van der Waals surface area (Å²) >= 11 is 0. The molecule has 82 valence electrons. The van der Waals surface area contributed by atoms with Crippen LogP contribution in [-0.2, 0) is 0 Å². The van der Waals surface area contributed by atoms with Crippen molar-refractivity contribution in [2.45, 2.75) is 33.6 Å². The quantitative estimate of drug-likeness (QED) is 0.697. The van der Waals surface area contributed by atoms with Crippen LogP contribution in [0, 0.1) is 5.41 Å². The van der Waals surface area contributed by atoms with Gasteiger partial charge in [-0.05, 0) is 31.7 Å². The Morgan fingerprint density at radius 3 is 2.71 bits per heavy atom. The molecule has 0 amide bonds. The van der Waals surface area contributed by atoms with Gasteiger partial charge in [0.1, 0.15) is 0 Å². The molecule has 14 heavy (non-hydrogen) atoms. The van der Waals surface area contributed by atoms with Gasteiger partial charge >= 0.3 is 0 Å². The van der Waals surface area contributed by atoms with Crippen LogP contribution in [0.2, 0.25) is 0 Å². The second-order valence-electron chi connectivity index (χ2n) is 4.90. The molecule has 1 aliphatic heterocycles. The van der Waals surface area contributed by atoms with Crippen LogP contribution in [0.4, 0.5) is 0 Å². The van der Waals surface area contributed by atoms with Crippen LogP contribution in [0.5, 0.6) is 0 Å². The fourth-order valence-electron chi connectivity index (χ4n) is 1.82. The maximum absolute atomic E-state index is 5.82. The molecule has 2 heteroatoms. The zero-order valence-electron chi connectivity index (χ0n) is 9.84. The van der Waals surface area contributed by atoms with Gasteiger partial charge in [0.25, 0.3) is 0 Å². The first kappa shape index (κ1) is 11.7. The average Bonchev–Trinajstić information content (AvgIpc) is 2.21. The summed E-state index contributed by atoms with van der Waals surface area (Å²) in [7, 11) is 0. The third kappa shape index (κ3) is 3.10. The summed E-state index contributed by atoms with van der Waals surface area (Å²) in [6, 6.07) is 0. The fraction of sp³-hybridized carbons (Fsp3) is 0.833. The van der Waals surface area contributed by atoms with Gasteiger partial charge in [0.15, 0.2) is 0 Å². The highest BCUT2D eigenvalue weighted by Crippen LogP contribution is 2.22. The monoisotopic (exact) mass is 196 g/mol. The number of hydrogen-bond acceptors (Lipinski definition) is 2. The van der Waals surface area contributed by atoms with Crippen molar-refractivity contribution in [3.8, 4) is 0 Å². The molecule has 1 heterocycles. The molecule has 0 bridgehead atoms. The van der Waals surface area contributed by atoms with E-state index in [9.17, 15) is 0 Å². The van der Waals surface area contributed by atoms with Crippen LogP contribution >= 0.6 is 0 Å². The Labute approximate surface area is 88.2 Å². The molecular weight excluding hydrogens is 172 g/mol. The molecule has 0 aliphatic carbocycles. The minimum Gasteiger partial charge on any atom is -0.330 e. The minimum atomic E-state index is 0.305. The number of nitrogens with zero attached hydrogens (tertiary/aromatic N) is 1. The Hall–Kier alpha value is -0.340. The summed E-state index contributed by atoms with van der Waals surface area (Å²) in [6.07, 6.45) is 4.74. The fourth-order valence-corrected chi connectivity index (χ4v) is 1.82. The molecule has 0 aromatic rings. The second-order valence-corrected chi connectivity index (χ2v) is 4.90. The van der Waals surface area contributed by atoms with E-state index in [0.29, 0.717) is 5.41 Å². The van der Waals surface area contributed by atoms with E-state index >= 15 is 0 Å². The van der Waals surface area contributed by atoms with Gasteiger partial charge in [0.2, 0.25) is 0 Å². The van der Waals surface area contributed by atoms with E-state index in [2.05, 4.69) is 31.7 Å². The predicted octanol–water partition coefficient (Wildman–Crippen LogP) is 2.01. The number of rotatable bonds is 4. The standard InChI is InChI=1S/C12H24N2/c1-4-12(3,9-13)10-14-7-5-11(2)6-8-14/h5H,4,6-10,13H2,1-3H3. The Morgan fingerprint density at radius 2 is 2.29 bits per heavy atom. The first-order chi connectivity index (χ1) is 6.59. The highest BCUT2D eigenvalue weighted by atomic mass is 15.1. The first-order valence-electron chi connectivity index (χ1n) is 5.68. The lowest BCUT2D eigenvalue weighted by molar-refractivity contribution is 0.173. The Balaban J connectivity index is 2.45. The van der Waals surface area contributed by atoms with Gasteiger partial charge in [-0.25, -0.2) is 0 Å². The molecule has 0 aromatic heterocycles. The van der Waals surface area contributed by atoms with Crippen LogP contribution in [0.15, 0.2) is 11.6 Å². The summed E-state index contributed by atoms with van der Waals surface area (Å²) in [6.45, 7) is 11.0. The van der Waals surface area contributed by atoms with Gasteiger partial charge in [0, 0.05) is 19.6 Å². The van der Waals surface area contributed by atoms with Crippen molar-refractivity contribution in [3.63, 3.8) is 0 Å². The largest absolute Gasteiger partial charge is 0.330 e. The molecule has 0 aromatic carbocycles. The van der Waals surface area contributed by atoms with Crippen molar-refractivity contribution >= 4 is 0 Å². The molecule has 0 radical (unpaired) electrons. The summed E-state index contributed by atoms with van der Waals surface area (Å²) in [5.41, 5.74) is 7.66. The second kappa shape index (κ2) is 4.94. The van der Waals surface area contributed by atoms with E-state index in [4.69, 9.17) is 5.73 Å². The maximum Gasteiger partial charge on any atom is 0.0166 e. The zero-order valence-corrected chi connectivity index (χ0v) is 9.84. The molecule has 0 saturated heterocycles. The Bertz CT molecular complexity index is 204. The molecule has 1 aliphatic rings. The summed E-state index contributed by atoms with van der Waals surface area (Å²) < 4.78 is 0. The molecular formula is C12H24N2. The summed E-state index contributed by atoms with van der Waals surface area (Å²) in [5.74, 6) is 0. The third-order valence-corrected chi connectivity index (χ3v) is 3.47. The van der Waals surface area contributed by atoms with Crippen LogP contribution in [0.25, 0.3) is 0 Å². The normalized spacial score (nSPS) is 23.0. The topological polar surface area (TPSA) is 29.3 Å². The molecule has 2 N–H and O–H groups in total. The Kier molecular flexibility index (Phi) is 4.14. The van der Waals surface area contributed by atoms with Crippen molar-refractivity contribution in [3.05, 3.63) is 11.6 Å². The van der Waals surface area contributed by atoms with Crippen LogP contribution in [-0.4, -0.2) is 31.1 Å². The molecule has 0 fully saturated rings. The van der Waals surface area contributed by atoms with Crippen molar-refractivity contribution in [1.82, 2.24) is 4.90 Å². The third-order valence-electron chi connectivity index (χ3n) is 3.47.